The smallest absolute Gasteiger partial charge is 0.0433 e. The van der Waals surface area contributed by atoms with E-state index in [1.807, 2.05) is 0 Å². The standard InChI is InChI=1S/C21H40O/c1-3-4-5-6-18-9-13-20(14-10-18)21(15-16-22)19-11-7-17(2)8-12-19/h17-22H,3-16H2,1-2H3. The maximum Gasteiger partial charge on any atom is 0.0433 e. The molecule has 2 fully saturated rings. The molecule has 1 atom stereocenters. The highest BCUT2D eigenvalue weighted by Gasteiger charge is 2.33. The minimum Gasteiger partial charge on any atom is -0.396 e. The molecular weight excluding hydrogens is 268 g/mol. The number of rotatable bonds is 8. The van der Waals surface area contributed by atoms with Crippen molar-refractivity contribution in [2.75, 3.05) is 6.61 Å². The Morgan fingerprint density at radius 3 is 2.00 bits per heavy atom. The summed E-state index contributed by atoms with van der Waals surface area (Å²) in [5.41, 5.74) is 0. The third-order valence-corrected chi connectivity index (χ3v) is 6.84. The van der Waals surface area contributed by atoms with E-state index >= 15 is 0 Å². The van der Waals surface area contributed by atoms with E-state index in [9.17, 15) is 5.11 Å². The van der Waals surface area contributed by atoms with E-state index in [0.29, 0.717) is 6.61 Å². The zero-order valence-corrected chi connectivity index (χ0v) is 15.2. The van der Waals surface area contributed by atoms with Crippen LogP contribution in [0.1, 0.15) is 97.3 Å². The lowest BCUT2D eigenvalue weighted by Gasteiger charge is -2.40. The number of aliphatic hydroxyl groups is 1. The number of hydrogen-bond acceptors (Lipinski definition) is 1. The van der Waals surface area contributed by atoms with E-state index < -0.39 is 0 Å². The molecule has 130 valence electrons. The van der Waals surface area contributed by atoms with Crippen molar-refractivity contribution < 1.29 is 5.11 Å². The van der Waals surface area contributed by atoms with Gasteiger partial charge in [-0.2, -0.15) is 0 Å². The Kier molecular flexibility index (Phi) is 8.28. The summed E-state index contributed by atoms with van der Waals surface area (Å²) >= 11 is 0. The van der Waals surface area contributed by atoms with Crippen LogP contribution < -0.4 is 0 Å². The quantitative estimate of drug-likeness (QED) is 0.529. The molecule has 0 aromatic rings. The van der Waals surface area contributed by atoms with Gasteiger partial charge in [0.1, 0.15) is 0 Å². The molecule has 2 rings (SSSR count). The molecule has 1 nitrogen and oxygen atoms in total. The zero-order valence-electron chi connectivity index (χ0n) is 15.2. The number of hydrogen-bond donors (Lipinski definition) is 1. The molecule has 2 saturated carbocycles. The predicted molar refractivity (Wildman–Crippen MR) is 95.9 cm³/mol. The van der Waals surface area contributed by atoms with Gasteiger partial charge < -0.3 is 5.11 Å². The lowest BCUT2D eigenvalue weighted by molar-refractivity contribution is 0.0888. The van der Waals surface area contributed by atoms with Crippen molar-refractivity contribution in [3.63, 3.8) is 0 Å². The van der Waals surface area contributed by atoms with Crippen LogP contribution in [-0.4, -0.2) is 11.7 Å². The van der Waals surface area contributed by atoms with Gasteiger partial charge in [-0.3, -0.25) is 0 Å². The normalized spacial score (nSPS) is 34.5. The SMILES string of the molecule is CCCCCC1CCC(C(CCO)C2CCC(C)CC2)CC1. The summed E-state index contributed by atoms with van der Waals surface area (Å²) in [5, 5.41) is 9.55. The highest BCUT2D eigenvalue weighted by Crippen LogP contribution is 2.44. The fourth-order valence-electron chi connectivity index (χ4n) is 5.31. The third-order valence-electron chi connectivity index (χ3n) is 6.84. The van der Waals surface area contributed by atoms with E-state index in [2.05, 4.69) is 13.8 Å². The zero-order chi connectivity index (χ0) is 15.8. The third kappa shape index (κ3) is 5.55. The second-order valence-corrected chi connectivity index (χ2v) is 8.47. The Morgan fingerprint density at radius 2 is 1.45 bits per heavy atom. The van der Waals surface area contributed by atoms with Crippen LogP contribution in [0, 0.1) is 29.6 Å². The minimum absolute atomic E-state index is 0.410. The Morgan fingerprint density at radius 1 is 0.864 bits per heavy atom. The van der Waals surface area contributed by atoms with Crippen molar-refractivity contribution in [3.05, 3.63) is 0 Å². The van der Waals surface area contributed by atoms with Crippen molar-refractivity contribution in [3.8, 4) is 0 Å². The second-order valence-electron chi connectivity index (χ2n) is 8.47. The summed E-state index contributed by atoms with van der Waals surface area (Å²) in [6, 6.07) is 0. The minimum atomic E-state index is 0.410. The summed E-state index contributed by atoms with van der Waals surface area (Å²) in [5.74, 6) is 4.64. The molecule has 0 aliphatic heterocycles. The molecule has 1 heteroatoms. The highest BCUT2D eigenvalue weighted by atomic mass is 16.3. The fraction of sp³-hybridized carbons (Fsp3) is 1.00. The van der Waals surface area contributed by atoms with Crippen molar-refractivity contribution in [1.82, 2.24) is 0 Å². The maximum atomic E-state index is 9.55. The largest absolute Gasteiger partial charge is 0.396 e. The maximum absolute atomic E-state index is 9.55. The molecular formula is C21H40O. The summed E-state index contributed by atoms with van der Waals surface area (Å²) < 4.78 is 0. The van der Waals surface area contributed by atoms with Gasteiger partial charge in [0, 0.05) is 6.61 Å². The average molecular weight is 309 g/mol. The van der Waals surface area contributed by atoms with E-state index in [1.54, 1.807) is 0 Å². The lowest BCUT2D eigenvalue weighted by Crippen LogP contribution is -2.30. The van der Waals surface area contributed by atoms with Crippen LogP contribution in [0.2, 0.25) is 0 Å². The molecule has 0 saturated heterocycles. The number of unbranched alkanes of at least 4 members (excludes halogenated alkanes) is 2. The molecule has 1 unspecified atom stereocenters. The predicted octanol–water partition coefficient (Wildman–Crippen LogP) is 6.20. The topological polar surface area (TPSA) is 20.2 Å². The van der Waals surface area contributed by atoms with Gasteiger partial charge in [0.05, 0.1) is 0 Å². The van der Waals surface area contributed by atoms with E-state index in [1.165, 1.54) is 77.0 Å². The van der Waals surface area contributed by atoms with Gasteiger partial charge in [-0.25, -0.2) is 0 Å². The number of aliphatic hydroxyl groups excluding tert-OH is 1. The van der Waals surface area contributed by atoms with Gasteiger partial charge in [-0.1, -0.05) is 65.2 Å². The summed E-state index contributed by atoms with van der Waals surface area (Å²) in [4.78, 5) is 0. The molecule has 0 aromatic carbocycles. The first-order valence-electron chi connectivity index (χ1n) is 10.3. The Labute approximate surface area is 139 Å². The molecule has 0 heterocycles. The van der Waals surface area contributed by atoms with Crippen LogP contribution in [-0.2, 0) is 0 Å². The average Bonchev–Trinajstić information content (AvgIpc) is 2.55. The Hall–Kier alpha value is -0.0400. The van der Waals surface area contributed by atoms with Crippen molar-refractivity contribution >= 4 is 0 Å². The van der Waals surface area contributed by atoms with Crippen LogP contribution in [0.15, 0.2) is 0 Å². The van der Waals surface area contributed by atoms with E-state index in [0.717, 1.165) is 36.0 Å². The lowest BCUT2D eigenvalue weighted by atomic mass is 9.65. The van der Waals surface area contributed by atoms with Crippen LogP contribution in [0.4, 0.5) is 0 Å². The van der Waals surface area contributed by atoms with Crippen LogP contribution >= 0.6 is 0 Å². The van der Waals surface area contributed by atoms with Gasteiger partial charge >= 0.3 is 0 Å². The van der Waals surface area contributed by atoms with Crippen molar-refractivity contribution in [2.45, 2.75) is 97.3 Å². The summed E-state index contributed by atoms with van der Waals surface area (Å²) in [6.07, 6.45) is 18.4. The Bertz CT molecular complexity index is 272. The fourth-order valence-corrected chi connectivity index (χ4v) is 5.31. The van der Waals surface area contributed by atoms with E-state index in [-0.39, 0.29) is 0 Å². The molecule has 22 heavy (non-hydrogen) atoms. The molecule has 0 radical (unpaired) electrons. The van der Waals surface area contributed by atoms with Gasteiger partial charge in [0.15, 0.2) is 0 Å². The molecule has 0 aromatic heterocycles. The first-order valence-corrected chi connectivity index (χ1v) is 10.3. The monoisotopic (exact) mass is 308 g/mol. The van der Waals surface area contributed by atoms with Crippen LogP contribution in [0.5, 0.6) is 0 Å². The van der Waals surface area contributed by atoms with Crippen LogP contribution in [0.25, 0.3) is 0 Å². The Balaban J connectivity index is 1.78. The highest BCUT2D eigenvalue weighted by molar-refractivity contribution is 4.84. The van der Waals surface area contributed by atoms with Gasteiger partial charge in [0.2, 0.25) is 0 Å². The van der Waals surface area contributed by atoms with Crippen LogP contribution in [0.3, 0.4) is 0 Å². The summed E-state index contributed by atoms with van der Waals surface area (Å²) in [6.45, 7) is 5.13. The van der Waals surface area contributed by atoms with E-state index in [4.69, 9.17) is 0 Å². The molecule has 2 aliphatic carbocycles. The van der Waals surface area contributed by atoms with Crippen molar-refractivity contribution in [2.24, 2.45) is 29.6 Å². The second kappa shape index (κ2) is 9.96. The summed E-state index contributed by atoms with van der Waals surface area (Å²) in [7, 11) is 0. The first-order chi connectivity index (χ1) is 10.7. The van der Waals surface area contributed by atoms with Gasteiger partial charge in [0.25, 0.3) is 0 Å². The van der Waals surface area contributed by atoms with Gasteiger partial charge in [-0.15, -0.1) is 0 Å². The van der Waals surface area contributed by atoms with Crippen molar-refractivity contribution in [1.29, 1.82) is 0 Å². The molecule has 1 N–H and O–H groups in total. The molecule has 0 amide bonds. The van der Waals surface area contributed by atoms with Gasteiger partial charge in [-0.05, 0) is 61.7 Å². The molecule has 0 bridgehead atoms. The molecule has 0 spiro atoms. The molecule has 2 aliphatic rings. The first kappa shape index (κ1) is 18.3.